The summed E-state index contributed by atoms with van der Waals surface area (Å²) in [6.45, 7) is 5.61. The summed E-state index contributed by atoms with van der Waals surface area (Å²) in [5, 5.41) is 13.5. The molecule has 2 aromatic carbocycles. The molecule has 0 saturated carbocycles. The highest BCUT2D eigenvalue weighted by Gasteiger charge is 2.33. The first-order chi connectivity index (χ1) is 11.7. The fourth-order valence-electron chi connectivity index (χ4n) is 2.39. The lowest BCUT2D eigenvalue weighted by Crippen LogP contribution is -2.49. The molecule has 0 aliphatic heterocycles. The Morgan fingerprint density at radius 1 is 0.960 bits per heavy atom. The molecule has 0 bridgehead atoms. The molecule has 0 heterocycles. The number of nitro benzene ring substituents is 1. The molecular formula is C19H20N2O4. The maximum atomic E-state index is 12.8. The highest BCUT2D eigenvalue weighted by Crippen LogP contribution is 2.23. The molecule has 6 heteroatoms. The third-order valence-electron chi connectivity index (χ3n) is 3.80. The zero-order valence-electron chi connectivity index (χ0n) is 14.4. The van der Waals surface area contributed by atoms with E-state index in [4.69, 9.17) is 0 Å². The summed E-state index contributed by atoms with van der Waals surface area (Å²) in [4.78, 5) is 35.5. The number of nitro groups is 1. The van der Waals surface area contributed by atoms with Gasteiger partial charge in [-0.2, -0.15) is 0 Å². The van der Waals surface area contributed by atoms with Crippen molar-refractivity contribution in [3.8, 4) is 0 Å². The number of benzene rings is 2. The van der Waals surface area contributed by atoms with Gasteiger partial charge in [0, 0.05) is 23.3 Å². The highest BCUT2D eigenvalue weighted by molar-refractivity contribution is 6.04. The molecule has 1 unspecified atom stereocenters. The van der Waals surface area contributed by atoms with E-state index in [0.717, 1.165) is 0 Å². The molecule has 0 radical (unpaired) electrons. The van der Waals surface area contributed by atoms with Crippen molar-refractivity contribution in [2.75, 3.05) is 0 Å². The van der Waals surface area contributed by atoms with E-state index in [1.165, 1.54) is 24.3 Å². The Balaban J connectivity index is 2.24. The average molecular weight is 340 g/mol. The van der Waals surface area contributed by atoms with E-state index >= 15 is 0 Å². The Hall–Kier alpha value is -3.02. The van der Waals surface area contributed by atoms with E-state index < -0.39 is 22.3 Å². The number of hydrogen-bond acceptors (Lipinski definition) is 4. The van der Waals surface area contributed by atoms with Gasteiger partial charge < -0.3 is 5.32 Å². The molecule has 0 saturated heterocycles. The van der Waals surface area contributed by atoms with Crippen molar-refractivity contribution in [1.29, 1.82) is 0 Å². The average Bonchev–Trinajstić information content (AvgIpc) is 2.58. The first kappa shape index (κ1) is 18.3. The fourth-order valence-corrected chi connectivity index (χ4v) is 2.39. The number of nitrogens with zero attached hydrogens (tertiary/aromatic N) is 1. The van der Waals surface area contributed by atoms with Crippen LogP contribution in [0.4, 0.5) is 5.69 Å². The van der Waals surface area contributed by atoms with Crippen LogP contribution in [0.25, 0.3) is 0 Å². The van der Waals surface area contributed by atoms with Gasteiger partial charge in [0.25, 0.3) is 11.6 Å². The number of ketones is 1. The van der Waals surface area contributed by atoms with Gasteiger partial charge in [0.2, 0.25) is 0 Å². The van der Waals surface area contributed by atoms with Crippen LogP contribution in [-0.2, 0) is 0 Å². The monoisotopic (exact) mass is 340 g/mol. The van der Waals surface area contributed by atoms with Crippen LogP contribution in [0.3, 0.4) is 0 Å². The molecule has 0 fully saturated rings. The van der Waals surface area contributed by atoms with Crippen molar-refractivity contribution in [3.63, 3.8) is 0 Å². The number of nitrogens with one attached hydrogen (secondary N) is 1. The number of carbonyl (C=O) groups excluding carboxylic acids is 2. The quantitative estimate of drug-likeness (QED) is 0.511. The standard InChI is InChI=1S/C19H20N2O4/c1-19(2,3)17(16(22)13-7-5-4-6-8-13)20-18(23)14-9-11-15(12-10-14)21(24)25/h4-12,17H,1-3H3,(H,20,23). The summed E-state index contributed by atoms with van der Waals surface area (Å²) in [5.41, 5.74) is 0.194. The van der Waals surface area contributed by atoms with Gasteiger partial charge >= 0.3 is 0 Å². The Kier molecular flexibility index (Phi) is 5.32. The van der Waals surface area contributed by atoms with Crippen LogP contribution >= 0.6 is 0 Å². The minimum Gasteiger partial charge on any atom is -0.341 e. The predicted octanol–water partition coefficient (Wildman–Crippen LogP) is 3.62. The van der Waals surface area contributed by atoms with Gasteiger partial charge in [-0.05, 0) is 17.5 Å². The first-order valence-electron chi connectivity index (χ1n) is 7.85. The van der Waals surface area contributed by atoms with E-state index in [1.807, 2.05) is 26.8 Å². The van der Waals surface area contributed by atoms with Crippen molar-refractivity contribution < 1.29 is 14.5 Å². The minimum atomic E-state index is -0.724. The highest BCUT2D eigenvalue weighted by atomic mass is 16.6. The summed E-state index contributed by atoms with van der Waals surface area (Å²) >= 11 is 0. The molecular weight excluding hydrogens is 320 g/mol. The summed E-state index contributed by atoms with van der Waals surface area (Å²) in [6, 6.07) is 13.3. The van der Waals surface area contributed by atoms with E-state index in [2.05, 4.69) is 5.32 Å². The summed E-state index contributed by atoms with van der Waals surface area (Å²) < 4.78 is 0. The number of non-ortho nitro benzene ring substituents is 1. The maximum Gasteiger partial charge on any atom is 0.269 e. The third kappa shape index (κ3) is 4.50. The van der Waals surface area contributed by atoms with Crippen LogP contribution in [0.1, 0.15) is 41.5 Å². The molecule has 25 heavy (non-hydrogen) atoms. The third-order valence-corrected chi connectivity index (χ3v) is 3.80. The van der Waals surface area contributed by atoms with Gasteiger partial charge in [-0.15, -0.1) is 0 Å². The van der Waals surface area contributed by atoms with E-state index in [-0.39, 0.29) is 17.0 Å². The molecule has 130 valence electrons. The topological polar surface area (TPSA) is 89.3 Å². The van der Waals surface area contributed by atoms with Gasteiger partial charge in [-0.3, -0.25) is 19.7 Å². The number of amides is 1. The Morgan fingerprint density at radius 3 is 2.00 bits per heavy atom. The van der Waals surface area contributed by atoms with Crippen LogP contribution in [0.5, 0.6) is 0 Å². The Morgan fingerprint density at radius 2 is 1.52 bits per heavy atom. The van der Waals surface area contributed by atoms with E-state index in [0.29, 0.717) is 5.56 Å². The summed E-state index contributed by atoms with van der Waals surface area (Å²) in [5.74, 6) is -0.623. The molecule has 2 aromatic rings. The largest absolute Gasteiger partial charge is 0.341 e. The molecule has 0 aliphatic rings. The zero-order chi connectivity index (χ0) is 18.6. The minimum absolute atomic E-state index is 0.0933. The van der Waals surface area contributed by atoms with Gasteiger partial charge in [-0.25, -0.2) is 0 Å². The van der Waals surface area contributed by atoms with E-state index in [1.54, 1.807) is 24.3 Å². The second-order valence-electron chi connectivity index (χ2n) is 6.81. The van der Waals surface area contributed by atoms with Gasteiger partial charge in [0.15, 0.2) is 5.78 Å². The maximum absolute atomic E-state index is 12.8. The summed E-state index contributed by atoms with van der Waals surface area (Å²) in [6.07, 6.45) is 0. The Bertz CT molecular complexity index is 777. The predicted molar refractivity (Wildman–Crippen MR) is 94.6 cm³/mol. The number of Topliss-reactive ketones (excluding diaryl/α,β-unsaturated/α-hetero) is 1. The second kappa shape index (κ2) is 7.25. The van der Waals surface area contributed by atoms with Crippen LogP contribution in [0.15, 0.2) is 54.6 Å². The zero-order valence-corrected chi connectivity index (χ0v) is 14.4. The molecule has 0 spiro atoms. The lowest BCUT2D eigenvalue weighted by atomic mass is 9.82. The first-order valence-corrected chi connectivity index (χ1v) is 7.85. The number of carbonyl (C=O) groups is 2. The molecule has 0 aliphatic carbocycles. The smallest absolute Gasteiger partial charge is 0.269 e. The van der Waals surface area contributed by atoms with Crippen molar-refractivity contribution in [3.05, 3.63) is 75.8 Å². The van der Waals surface area contributed by atoms with Gasteiger partial charge in [0.05, 0.1) is 11.0 Å². The fraction of sp³-hybridized carbons (Fsp3) is 0.263. The van der Waals surface area contributed by atoms with Crippen LogP contribution in [-0.4, -0.2) is 22.7 Å². The lowest BCUT2D eigenvalue weighted by Gasteiger charge is -2.30. The molecule has 1 amide bonds. The molecule has 6 nitrogen and oxygen atoms in total. The van der Waals surface area contributed by atoms with Crippen molar-refractivity contribution >= 4 is 17.4 Å². The second-order valence-corrected chi connectivity index (χ2v) is 6.81. The summed E-state index contributed by atoms with van der Waals surface area (Å²) in [7, 11) is 0. The van der Waals surface area contributed by atoms with Crippen molar-refractivity contribution in [2.45, 2.75) is 26.8 Å². The van der Waals surface area contributed by atoms with E-state index in [9.17, 15) is 19.7 Å². The van der Waals surface area contributed by atoms with Crippen molar-refractivity contribution in [1.82, 2.24) is 5.32 Å². The number of hydrogen-bond donors (Lipinski definition) is 1. The molecule has 0 aromatic heterocycles. The molecule has 2 rings (SSSR count). The number of rotatable bonds is 5. The van der Waals surface area contributed by atoms with Crippen LogP contribution in [0.2, 0.25) is 0 Å². The normalized spacial score (nSPS) is 12.3. The van der Waals surface area contributed by atoms with Gasteiger partial charge in [0.1, 0.15) is 0 Å². The van der Waals surface area contributed by atoms with Crippen molar-refractivity contribution in [2.24, 2.45) is 5.41 Å². The molecule has 1 atom stereocenters. The molecule has 1 N–H and O–H groups in total. The SMILES string of the molecule is CC(C)(C)C(NC(=O)c1ccc([N+](=O)[O-])cc1)C(=O)c1ccccc1. The van der Waals surface area contributed by atoms with Crippen LogP contribution in [0, 0.1) is 15.5 Å². The van der Waals surface area contributed by atoms with Crippen LogP contribution < -0.4 is 5.32 Å². The van der Waals surface area contributed by atoms with Gasteiger partial charge in [-0.1, -0.05) is 51.1 Å². The lowest BCUT2D eigenvalue weighted by molar-refractivity contribution is -0.384. The Labute approximate surface area is 146 Å².